The lowest BCUT2D eigenvalue weighted by Gasteiger charge is -2.37. The number of fused-ring (bicyclic) bond motifs is 1. The molecule has 0 radical (unpaired) electrons. The summed E-state index contributed by atoms with van der Waals surface area (Å²) < 4.78 is 16.3. The molecule has 0 saturated carbocycles. The second-order valence-electron chi connectivity index (χ2n) is 10.1. The normalized spacial score (nSPS) is 17.6. The average molecular weight is 603 g/mol. The summed E-state index contributed by atoms with van der Waals surface area (Å²) in [7, 11) is 0. The number of aromatic nitrogens is 3. The fraction of sp³-hybridized carbons (Fsp3) is 0.200. The molecule has 0 bridgehead atoms. The lowest BCUT2D eigenvalue weighted by molar-refractivity contribution is -0.148. The van der Waals surface area contributed by atoms with Crippen molar-refractivity contribution in [1.29, 1.82) is 0 Å². The van der Waals surface area contributed by atoms with Gasteiger partial charge >= 0.3 is 5.97 Å². The maximum atomic E-state index is 14.7. The van der Waals surface area contributed by atoms with Crippen LogP contribution in [-0.2, 0) is 20.8 Å². The smallest absolute Gasteiger partial charge is 0.335 e. The zero-order valence-corrected chi connectivity index (χ0v) is 23.5. The standard InChI is InChI=1S/C30H24ClFN6O5/c1-16-33-15-38(35-16)24-7-3-4-20-19(24)12-13-37(27(20)28(39)34-18-10-8-17(9-11-18)30(41)42)29(40)25-14-23(36-43-25)21-5-2-6-22(31)26(21)32/h2-11,15,25,27H,12-14H2,1H3,(H,34,39)(H,41,42). The van der Waals surface area contributed by atoms with Crippen LogP contribution in [0.25, 0.3) is 5.69 Å². The van der Waals surface area contributed by atoms with E-state index in [0.29, 0.717) is 23.5 Å². The molecule has 218 valence electrons. The molecular weight excluding hydrogens is 579 g/mol. The monoisotopic (exact) mass is 602 g/mol. The zero-order valence-electron chi connectivity index (χ0n) is 22.7. The number of halogens is 2. The van der Waals surface area contributed by atoms with Crippen LogP contribution in [0.15, 0.2) is 72.1 Å². The number of carboxylic acids is 1. The number of aryl methyl sites for hydroxylation is 1. The van der Waals surface area contributed by atoms with E-state index < -0.39 is 35.7 Å². The van der Waals surface area contributed by atoms with E-state index in [9.17, 15) is 23.9 Å². The molecule has 2 aliphatic rings. The molecule has 0 spiro atoms. The van der Waals surface area contributed by atoms with Gasteiger partial charge in [0.2, 0.25) is 6.10 Å². The van der Waals surface area contributed by atoms with E-state index in [1.54, 1.807) is 36.1 Å². The number of carboxylic acid groups (broad SMARTS) is 1. The Labute approximate surface area is 249 Å². The predicted molar refractivity (Wildman–Crippen MR) is 154 cm³/mol. The van der Waals surface area contributed by atoms with Gasteiger partial charge in [-0.2, -0.15) is 5.10 Å². The number of amides is 2. The molecule has 2 atom stereocenters. The largest absolute Gasteiger partial charge is 0.478 e. The van der Waals surface area contributed by atoms with Crippen LogP contribution in [0.1, 0.15) is 45.3 Å². The van der Waals surface area contributed by atoms with E-state index in [2.05, 4.69) is 20.6 Å². The van der Waals surface area contributed by atoms with Gasteiger partial charge in [0.1, 0.15) is 18.2 Å². The average Bonchev–Trinajstić information content (AvgIpc) is 3.67. The second kappa shape index (κ2) is 11.3. The predicted octanol–water partition coefficient (Wildman–Crippen LogP) is 4.32. The number of carbonyl (C=O) groups excluding carboxylic acids is 2. The third-order valence-electron chi connectivity index (χ3n) is 7.39. The molecule has 0 fully saturated rings. The third kappa shape index (κ3) is 5.32. The van der Waals surface area contributed by atoms with Gasteiger partial charge in [0, 0.05) is 24.2 Å². The first-order chi connectivity index (χ1) is 20.7. The number of nitrogens with one attached hydrogen (secondary N) is 1. The van der Waals surface area contributed by atoms with Crippen LogP contribution in [0.4, 0.5) is 10.1 Å². The Morgan fingerprint density at radius 3 is 2.58 bits per heavy atom. The minimum atomic E-state index is -1.09. The zero-order chi connectivity index (χ0) is 30.2. The quantitative estimate of drug-likeness (QED) is 0.335. The molecule has 6 rings (SSSR count). The fourth-order valence-corrected chi connectivity index (χ4v) is 5.51. The number of aromatic carboxylic acids is 1. The Hall–Kier alpha value is -5.10. The van der Waals surface area contributed by atoms with Crippen LogP contribution in [0, 0.1) is 12.7 Å². The molecule has 43 heavy (non-hydrogen) atoms. The van der Waals surface area contributed by atoms with E-state index in [4.69, 9.17) is 16.4 Å². The molecule has 2 unspecified atom stereocenters. The molecule has 11 nitrogen and oxygen atoms in total. The maximum Gasteiger partial charge on any atom is 0.335 e. The molecule has 3 aromatic carbocycles. The summed E-state index contributed by atoms with van der Waals surface area (Å²) in [6.07, 6.45) is 0.905. The molecule has 2 aliphatic heterocycles. The van der Waals surface area contributed by atoms with Crippen LogP contribution in [-0.4, -0.2) is 60.9 Å². The summed E-state index contributed by atoms with van der Waals surface area (Å²) in [5, 5.41) is 20.3. The van der Waals surface area contributed by atoms with E-state index in [-0.39, 0.29) is 34.8 Å². The van der Waals surface area contributed by atoms with Gasteiger partial charge in [0.25, 0.3) is 11.8 Å². The van der Waals surface area contributed by atoms with Crippen molar-refractivity contribution in [3.63, 3.8) is 0 Å². The Bertz CT molecular complexity index is 1790. The summed E-state index contributed by atoms with van der Waals surface area (Å²) in [6, 6.07) is 14.6. The second-order valence-corrected chi connectivity index (χ2v) is 10.5. The molecule has 13 heteroatoms. The lowest BCUT2D eigenvalue weighted by Crippen LogP contribution is -2.49. The van der Waals surface area contributed by atoms with Crippen LogP contribution in [0.5, 0.6) is 0 Å². The molecular formula is C30H24ClFN6O5. The van der Waals surface area contributed by atoms with Crippen molar-refractivity contribution < 1.29 is 28.7 Å². The Morgan fingerprint density at radius 2 is 1.86 bits per heavy atom. The Kier molecular flexibility index (Phi) is 7.36. The summed E-state index contributed by atoms with van der Waals surface area (Å²) in [5.74, 6) is -2.18. The van der Waals surface area contributed by atoms with E-state index >= 15 is 0 Å². The third-order valence-corrected chi connectivity index (χ3v) is 7.68. The highest BCUT2D eigenvalue weighted by atomic mass is 35.5. The fourth-order valence-electron chi connectivity index (χ4n) is 5.33. The highest BCUT2D eigenvalue weighted by Crippen LogP contribution is 2.36. The number of nitrogens with zero attached hydrogens (tertiary/aromatic N) is 5. The summed E-state index contributed by atoms with van der Waals surface area (Å²) in [5.41, 5.74) is 2.94. The van der Waals surface area contributed by atoms with Gasteiger partial charge in [-0.15, -0.1) is 0 Å². The van der Waals surface area contributed by atoms with Crippen molar-refractivity contribution in [3.8, 4) is 5.69 Å². The number of carbonyl (C=O) groups is 3. The minimum Gasteiger partial charge on any atom is -0.478 e. The van der Waals surface area contributed by atoms with Crippen LogP contribution in [0.2, 0.25) is 5.02 Å². The number of oxime groups is 1. The first-order valence-corrected chi connectivity index (χ1v) is 13.7. The van der Waals surface area contributed by atoms with Crippen molar-refractivity contribution >= 4 is 40.8 Å². The van der Waals surface area contributed by atoms with Crippen LogP contribution in [0.3, 0.4) is 0 Å². The number of hydrogen-bond donors (Lipinski definition) is 2. The minimum absolute atomic E-state index is 0.0112. The SMILES string of the molecule is Cc1ncn(-c2cccc3c2CCN(C(=O)C2CC(c4cccc(Cl)c4F)=NO2)C3C(=O)Nc2ccc(C(=O)O)cc2)n1. The number of benzene rings is 3. The number of rotatable bonds is 6. The first kappa shape index (κ1) is 28.0. The molecule has 0 aliphatic carbocycles. The van der Waals surface area contributed by atoms with E-state index in [1.807, 2.05) is 6.07 Å². The van der Waals surface area contributed by atoms with Gasteiger partial charge in [0.15, 0.2) is 5.82 Å². The van der Waals surface area contributed by atoms with Crippen molar-refractivity contribution in [2.24, 2.45) is 5.16 Å². The first-order valence-electron chi connectivity index (χ1n) is 13.3. The van der Waals surface area contributed by atoms with Gasteiger partial charge in [0.05, 0.1) is 22.0 Å². The van der Waals surface area contributed by atoms with Gasteiger partial charge in [-0.1, -0.05) is 35.0 Å². The lowest BCUT2D eigenvalue weighted by atomic mass is 9.89. The number of hydrogen-bond acceptors (Lipinski definition) is 7. The van der Waals surface area contributed by atoms with Gasteiger partial charge in [-0.05, 0) is 66.9 Å². The topological polar surface area (TPSA) is 139 Å². The molecule has 4 aromatic rings. The van der Waals surface area contributed by atoms with Crippen molar-refractivity contribution in [2.45, 2.75) is 31.9 Å². The van der Waals surface area contributed by atoms with Gasteiger partial charge in [-0.3, -0.25) is 9.59 Å². The number of anilines is 1. The van der Waals surface area contributed by atoms with Crippen LogP contribution < -0.4 is 5.32 Å². The summed E-state index contributed by atoms with van der Waals surface area (Å²) >= 11 is 5.93. The van der Waals surface area contributed by atoms with E-state index in [0.717, 1.165) is 11.3 Å². The highest BCUT2D eigenvalue weighted by Gasteiger charge is 2.42. The Balaban J connectivity index is 1.32. The van der Waals surface area contributed by atoms with Gasteiger partial charge < -0.3 is 20.2 Å². The maximum absolute atomic E-state index is 14.7. The summed E-state index contributed by atoms with van der Waals surface area (Å²) in [6.45, 7) is 1.94. The molecule has 3 heterocycles. The van der Waals surface area contributed by atoms with Crippen molar-refractivity contribution in [2.75, 3.05) is 11.9 Å². The van der Waals surface area contributed by atoms with Gasteiger partial charge in [-0.25, -0.2) is 18.9 Å². The Morgan fingerprint density at radius 1 is 1.09 bits per heavy atom. The molecule has 2 amide bonds. The van der Waals surface area contributed by atoms with E-state index in [1.165, 1.54) is 41.3 Å². The van der Waals surface area contributed by atoms with Crippen molar-refractivity contribution in [1.82, 2.24) is 19.7 Å². The van der Waals surface area contributed by atoms with Crippen molar-refractivity contribution in [3.05, 3.63) is 106 Å². The molecule has 0 saturated heterocycles. The molecule has 1 aromatic heterocycles. The van der Waals surface area contributed by atoms with Crippen LogP contribution >= 0.6 is 11.6 Å². The molecule has 2 N–H and O–H groups in total. The summed E-state index contributed by atoms with van der Waals surface area (Å²) in [4.78, 5) is 50.2. The highest BCUT2D eigenvalue weighted by molar-refractivity contribution is 6.31.